The van der Waals surface area contributed by atoms with Crippen LogP contribution in [0.1, 0.15) is 13.3 Å². The quantitative estimate of drug-likeness (QED) is 0.869. The minimum absolute atomic E-state index is 0.0368. The number of carbonyl (C=O) groups is 1. The van der Waals surface area contributed by atoms with Crippen LogP contribution in [0, 0.1) is 5.92 Å². The smallest absolute Gasteiger partial charge is 0.228 e. The van der Waals surface area contributed by atoms with Gasteiger partial charge >= 0.3 is 0 Å². The van der Waals surface area contributed by atoms with Gasteiger partial charge in [0.1, 0.15) is 5.82 Å². The summed E-state index contributed by atoms with van der Waals surface area (Å²) in [6, 6.07) is 3.79. The van der Waals surface area contributed by atoms with Crippen molar-refractivity contribution in [2.75, 3.05) is 43.4 Å². The van der Waals surface area contributed by atoms with Crippen LogP contribution in [0.3, 0.4) is 0 Å². The van der Waals surface area contributed by atoms with Gasteiger partial charge < -0.3 is 20.3 Å². The maximum atomic E-state index is 12.5. The number of hydrogen-bond donors (Lipinski definition) is 1. The lowest BCUT2D eigenvalue weighted by Crippen LogP contribution is -2.51. The van der Waals surface area contributed by atoms with Crippen LogP contribution >= 0.6 is 0 Å². The van der Waals surface area contributed by atoms with E-state index in [0.29, 0.717) is 12.4 Å². The summed E-state index contributed by atoms with van der Waals surface area (Å²) in [5.74, 6) is 0.813. The van der Waals surface area contributed by atoms with E-state index in [1.54, 1.807) is 6.20 Å². The predicted molar refractivity (Wildman–Crippen MR) is 81.0 cm³/mol. The highest BCUT2D eigenvalue weighted by Gasteiger charge is 2.34. The van der Waals surface area contributed by atoms with Crippen LogP contribution in [0.25, 0.3) is 0 Å². The molecule has 1 aromatic rings. The van der Waals surface area contributed by atoms with Gasteiger partial charge in [0.15, 0.2) is 0 Å². The summed E-state index contributed by atoms with van der Waals surface area (Å²) in [5, 5.41) is 0. The summed E-state index contributed by atoms with van der Waals surface area (Å²) >= 11 is 0. The number of hydrogen-bond acceptors (Lipinski definition) is 5. The van der Waals surface area contributed by atoms with Crippen molar-refractivity contribution in [1.29, 1.82) is 0 Å². The van der Waals surface area contributed by atoms with Gasteiger partial charge in [-0.25, -0.2) is 4.98 Å². The van der Waals surface area contributed by atoms with E-state index in [0.717, 1.165) is 38.3 Å². The standard InChI is InChI=1S/C15H22N4O2/c1-11-13(4-9-21-11)15(20)19-7-5-18(6-8-19)12-2-3-14(16)17-10-12/h2-3,10-11,13H,4-9H2,1H3,(H2,16,17). The molecule has 2 fully saturated rings. The fourth-order valence-corrected chi connectivity index (χ4v) is 3.06. The van der Waals surface area contributed by atoms with Crippen LogP contribution in [0.4, 0.5) is 11.5 Å². The second kappa shape index (κ2) is 5.89. The Morgan fingerprint density at radius 3 is 2.67 bits per heavy atom. The van der Waals surface area contributed by atoms with Crippen molar-refractivity contribution in [1.82, 2.24) is 9.88 Å². The summed E-state index contributed by atoms with van der Waals surface area (Å²) in [5.41, 5.74) is 6.67. The Balaban J connectivity index is 1.57. The van der Waals surface area contributed by atoms with Gasteiger partial charge in [-0.15, -0.1) is 0 Å². The van der Waals surface area contributed by atoms with Crippen molar-refractivity contribution in [3.05, 3.63) is 18.3 Å². The lowest BCUT2D eigenvalue weighted by molar-refractivity contribution is -0.137. The number of nitrogens with two attached hydrogens (primary N) is 1. The van der Waals surface area contributed by atoms with Gasteiger partial charge in [0.2, 0.25) is 5.91 Å². The van der Waals surface area contributed by atoms with Gasteiger partial charge in [-0.2, -0.15) is 0 Å². The minimum Gasteiger partial charge on any atom is -0.384 e. The molecule has 2 aliphatic heterocycles. The van der Waals surface area contributed by atoms with Gasteiger partial charge in [0.05, 0.1) is 23.9 Å². The Hall–Kier alpha value is -1.82. The highest BCUT2D eigenvalue weighted by Crippen LogP contribution is 2.24. The number of nitrogen functional groups attached to an aromatic ring is 1. The highest BCUT2D eigenvalue weighted by atomic mass is 16.5. The van der Waals surface area contributed by atoms with Crippen molar-refractivity contribution in [2.45, 2.75) is 19.4 Å². The fourth-order valence-electron chi connectivity index (χ4n) is 3.06. The van der Waals surface area contributed by atoms with Crippen molar-refractivity contribution in [3.63, 3.8) is 0 Å². The summed E-state index contributed by atoms with van der Waals surface area (Å²) in [6.07, 6.45) is 2.69. The molecule has 0 radical (unpaired) electrons. The molecule has 0 bridgehead atoms. The molecule has 1 aromatic heterocycles. The van der Waals surface area contributed by atoms with E-state index in [1.807, 2.05) is 24.0 Å². The lowest BCUT2D eigenvalue weighted by atomic mass is 10.0. The minimum atomic E-state index is 0.0368. The van der Waals surface area contributed by atoms with Crippen molar-refractivity contribution in [2.24, 2.45) is 5.92 Å². The maximum Gasteiger partial charge on any atom is 0.228 e. The molecule has 6 nitrogen and oxygen atoms in total. The third kappa shape index (κ3) is 2.95. The molecule has 0 aliphatic carbocycles. The van der Waals surface area contributed by atoms with Gasteiger partial charge in [-0.1, -0.05) is 0 Å². The normalized spacial score (nSPS) is 26.1. The Kier molecular flexibility index (Phi) is 3.96. The summed E-state index contributed by atoms with van der Waals surface area (Å²) in [7, 11) is 0. The Morgan fingerprint density at radius 1 is 1.33 bits per heavy atom. The third-order valence-corrected chi connectivity index (χ3v) is 4.42. The first-order valence-electron chi connectivity index (χ1n) is 7.52. The van der Waals surface area contributed by atoms with Crippen LogP contribution in [0.15, 0.2) is 18.3 Å². The SMILES string of the molecule is CC1OCCC1C(=O)N1CCN(c2ccc(N)nc2)CC1. The van der Waals surface area contributed by atoms with E-state index < -0.39 is 0 Å². The average molecular weight is 290 g/mol. The van der Waals surface area contributed by atoms with Crippen LogP contribution in [0.2, 0.25) is 0 Å². The zero-order chi connectivity index (χ0) is 14.8. The molecule has 6 heteroatoms. The molecular formula is C15H22N4O2. The molecular weight excluding hydrogens is 268 g/mol. The summed E-state index contributed by atoms with van der Waals surface area (Å²) in [4.78, 5) is 20.8. The van der Waals surface area contributed by atoms with Crippen molar-refractivity contribution < 1.29 is 9.53 Å². The Bertz CT molecular complexity index is 497. The van der Waals surface area contributed by atoms with Crippen LogP contribution in [-0.4, -0.2) is 54.7 Å². The van der Waals surface area contributed by atoms with E-state index in [4.69, 9.17) is 10.5 Å². The van der Waals surface area contributed by atoms with E-state index in [2.05, 4.69) is 9.88 Å². The first-order chi connectivity index (χ1) is 10.1. The van der Waals surface area contributed by atoms with E-state index in [9.17, 15) is 4.79 Å². The lowest BCUT2D eigenvalue weighted by Gasteiger charge is -2.37. The number of aromatic nitrogens is 1. The van der Waals surface area contributed by atoms with E-state index >= 15 is 0 Å². The first kappa shape index (κ1) is 14.1. The second-order valence-electron chi connectivity index (χ2n) is 5.72. The number of nitrogens with zero attached hydrogens (tertiary/aromatic N) is 3. The number of anilines is 2. The monoisotopic (exact) mass is 290 g/mol. The zero-order valence-corrected chi connectivity index (χ0v) is 12.4. The molecule has 2 saturated heterocycles. The average Bonchev–Trinajstić information content (AvgIpc) is 2.94. The Morgan fingerprint density at radius 2 is 2.10 bits per heavy atom. The number of amides is 1. The maximum absolute atomic E-state index is 12.5. The molecule has 1 amide bonds. The predicted octanol–water partition coefficient (Wildman–Crippen LogP) is 0.737. The molecule has 2 N–H and O–H groups in total. The van der Waals surface area contributed by atoms with Crippen LogP contribution in [-0.2, 0) is 9.53 Å². The number of pyridine rings is 1. The molecule has 3 heterocycles. The zero-order valence-electron chi connectivity index (χ0n) is 12.4. The number of ether oxygens (including phenoxy) is 1. The molecule has 3 rings (SSSR count). The number of rotatable bonds is 2. The Labute approximate surface area is 124 Å². The van der Waals surface area contributed by atoms with Gasteiger partial charge in [-0.3, -0.25) is 4.79 Å². The van der Waals surface area contributed by atoms with Gasteiger partial charge in [0, 0.05) is 32.8 Å². The van der Waals surface area contributed by atoms with Crippen molar-refractivity contribution in [3.8, 4) is 0 Å². The fraction of sp³-hybridized carbons (Fsp3) is 0.600. The van der Waals surface area contributed by atoms with Gasteiger partial charge in [0.25, 0.3) is 0 Å². The molecule has 2 aliphatic rings. The molecule has 0 saturated carbocycles. The number of carbonyl (C=O) groups excluding carboxylic acids is 1. The highest BCUT2D eigenvalue weighted by molar-refractivity contribution is 5.80. The van der Waals surface area contributed by atoms with E-state index in [1.165, 1.54) is 0 Å². The van der Waals surface area contributed by atoms with E-state index in [-0.39, 0.29) is 17.9 Å². The second-order valence-corrected chi connectivity index (χ2v) is 5.72. The van der Waals surface area contributed by atoms with Crippen molar-refractivity contribution >= 4 is 17.4 Å². The molecule has 21 heavy (non-hydrogen) atoms. The largest absolute Gasteiger partial charge is 0.384 e. The first-order valence-corrected chi connectivity index (χ1v) is 7.52. The molecule has 2 unspecified atom stereocenters. The number of piperazine rings is 1. The molecule has 0 spiro atoms. The molecule has 2 atom stereocenters. The topological polar surface area (TPSA) is 71.7 Å². The summed E-state index contributed by atoms with van der Waals surface area (Å²) in [6.45, 7) is 5.87. The molecule has 0 aromatic carbocycles. The third-order valence-electron chi connectivity index (χ3n) is 4.42. The molecule has 114 valence electrons. The summed E-state index contributed by atoms with van der Waals surface area (Å²) < 4.78 is 5.50. The van der Waals surface area contributed by atoms with Crippen LogP contribution < -0.4 is 10.6 Å². The van der Waals surface area contributed by atoms with Crippen LogP contribution in [0.5, 0.6) is 0 Å². The van der Waals surface area contributed by atoms with Gasteiger partial charge in [-0.05, 0) is 25.5 Å².